The molecule has 2 aromatic rings. The quantitative estimate of drug-likeness (QED) is 0.920. The minimum atomic E-state index is -0.0245. The molecule has 24 heavy (non-hydrogen) atoms. The number of amides is 1. The number of likely N-dealkylation sites (tertiary alicyclic amines) is 1. The summed E-state index contributed by atoms with van der Waals surface area (Å²) in [6.07, 6.45) is 4.52. The van der Waals surface area contributed by atoms with Crippen LogP contribution >= 0.6 is 0 Å². The highest BCUT2D eigenvalue weighted by molar-refractivity contribution is 5.93. The summed E-state index contributed by atoms with van der Waals surface area (Å²) in [5, 5.41) is 3.06. The molecule has 1 saturated heterocycles. The van der Waals surface area contributed by atoms with E-state index in [0.717, 1.165) is 38.2 Å². The van der Waals surface area contributed by atoms with Crippen molar-refractivity contribution in [1.29, 1.82) is 0 Å². The number of hydrogen-bond acceptors (Lipinski definition) is 3. The van der Waals surface area contributed by atoms with Gasteiger partial charge in [0.1, 0.15) is 0 Å². The SMILES string of the molecule is Cc1cncc(C(=O)NC[C@H]2CCN(Cc3ccccc3C)C2)c1. The Hall–Kier alpha value is -2.20. The second-order valence-corrected chi connectivity index (χ2v) is 6.78. The summed E-state index contributed by atoms with van der Waals surface area (Å²) in [5.74, 6) is 0.499. The van der Waals surface area contributed by atoms with Gasteiger partial charge in [0.15, 0.2) is 0 Å². The molecule has 0 aliphatic carbocycles. The minimum Gasteiger partial charge on any atom is -0.352 e. The molecule has 1 atom stereocenters. The molecule has 0 spiro atoms. The first-order chi connectivity index (χ1) is 11.6. The molecule has 2 heterocycles. The minimum absolute atomic E-state index is 0.0245. The van der Waals surface area contributed by atoms with E-state index in [4.69, 9.17) is 0 Å². The smallest absolute Gasteiger partial charge is 0.252 e. The first-order valence-corrected chi connectivity index (χ1v) is 8.58. The van der Waals surface area contributed by atoms with E-state index >= 15 is 0 Å². The fourth-order valence-corrected chi connectivity index (χ4v) is 3.27. The number of aryl methyl sites for hydroxylation is 2. The summed E-state index contributed by atoms with van der Waals surface area (Å²) in [7, 11) is 0. The molecule has 1 fully saturated rings. The Kier molecular flexibility index (Phi) is 5.26. The highest BCUT2D eigenvalue weighted by atomic mass is 16.1. The van der Waals surface area contributed by atoms with Crippen LogP contribution in [-0.2, 0) is 6.54 Å². The van der Waals surface area contributed by atoms with Crippen LogP contribution in [0.15, 0.2) is 42.7 Å². The van der Waals surface area contributed by atoms with Crippen molar-refractivity contribution in [3.05, 3.63) is 65.0 Å². The average molecular weight is 323 g/mol. The van der Waals surface area contributed by atoms with Crippen molar-refractivity contribution in [3.63, 3.8) is 0 Å². The molecule has 126 valence electrons. The molecule has 0 unspecified atom stereocenters. The molecule has 4 nitrogen and oxygen atoms in total. The Balaban J connectivity index is 1.48. The number of carbonyl (C=O) groups is 1. The van der Waals surface area contributed by atoms with Gasteiger partial charge in [-0.15, -0.1) is 0 Å². The van der Waals surface area contributed by atoms with Crippen LogP contribution in [0.25, 0.3) is 0 Å². The second kappa shape index (κ2) is 7.58. The average Bonchev–Trinajstić information content (AvgIpc) is 3.02. The van der Waals surface area contributed by atoms with Crippen LogP contribution in [0.4, 0.5) is 0 Å². The summed E-state index contributed by atoms with van der Waals surface area (Å²) in [5.41, 5.74) is 4.40. The lowest BCUT2D eigenvalue weighted by Gasteiger charge is -2.17. The predicted molar refractivity (Wildman–Crippen MR) is 95.9 cm³/mol. The Morgan fingerprint density at radius 3 is 2.92 bits per heavy atom. The predicted octanol–water partition coefficient (Wildman–Crippen LogP) is 2.95. The molecular formula is C20H25N3O. The molecule has 0 saturated carbocycles. The van der Waals surface area contributed by atoms with Gasteiger partial charge in [-0.1, -0.05) is 24.3 Å². The van der Waals surface area contributed by atoms with Gasteiger partial charge in [-0.05, 0) is 55.5 Å². The first kappa shape index (κ1) is 16.7. The first-order valence-electron chi connectivity index (χ1n) is 8.58. The fourth-order valence-electron chi connectivity index (χ4n) is 3.27. The van der Waals surface area contributed by atoms with E-state index in [0.29, 0.717) is 11.5 Å². The van der Waals surface area contributed by atoms with Crippen LogP contribution < -0.4 is 5.32 Å². The zero-order valence-electron chi connectivity index (χ0n) is 14.5. The number of aromatic nitrogens is 1. The second-order valence-electron chi connectivity index (χ2n) is 6.78. The van der Waals surface area contributed by atoms with Gasteiger partial charge in [0, 0.05) is 32.0 Å². The summed E-state index contributed by atoms with van der Waals surface area (Å²) < 4.78 is 0. The zero-order valence-corrected chi connectivity index (χ0v) is 14.5. The van der Waals surface area contributed by atoms with E-state index in [1.54, 1.807) is 12.4 Å². The number of carbonyl (C=O) groups excluding carboxylic acids is 1. The highest BCUT2D eigenvalue weighted by Crippen LogP contribution is 2.19. The molecule has 1 aliphatic heterocycles. The molecule has 1 aromatic carbocycles. The third kappa shape index (κ3) is 4.20. The monoisotopic (exact) mass is 323 g/mol. The summed E-state index contributed by atoms with van der Waals surface area (Å²) in [4.78, 5) is 18.8. The van der Waals surface area contributed by atoms with E-state index < -0.39 is 0 Å². The van der Waals surface area contributed by atoms with Gasteiger partial charge in [0.25, 0.3) is 5.91 Å². The van der Waals surface area contributed by atoms with Gasteiger partial charge in [-0.2, -0.15) is 0 Å². The van der Waals surface area contributed by atoms with Crippen LogP contribution in [0.5, 0.6) is 0 Å². The number of benzene rings is 1. The van der Waals surface area contributed by atoms with Crippen molar-refractivity contribution < 1.29 is 4.79 Å². The van der Waals surface area contributed by atoms with E-state index in [-0.39, 0.29) is 5.91 Å². The van der Waals surface area contributed by atoms with Crippen LogP contribution in [0.3, 0.4) is 0 Å². The molecule has 1 amide bonds. The molecule has 0 bridgehead atoms. The lowest BCUT2D eigenvalue weighted by molar-refractivity contribution is 0.0947. The van der Waals surface area contributed by atoms with Gasteiger partial charge < -0.3 is 5.32 Å². The third-order valence-electron chi connectivity index (χ3n) is 4.71. The Morgan fingerprint density at radius 1 is 1.29 bits per heavy atom. The van der Waals surface area contributed by atoms with Crippen molar-refractivity contribution in [2.45, 2.75) is 26.8 Å². The number of hydrogen-bond donors (Lipinski definition) is 1. The van der Waals surface area contributed by atoms with Gasteiger partial charge in [-0.25, -0.2) is 0 Å². The Morgan fingerprint density at radius 2 is 2.12 bits per heavy atom. The van der Waals surface area contributed by atoms with Gasteiger partial charge in [0.2, 0.25) is 0 Å². The maximum Gasteiger partial charge on any atom is 0.252 e. The van der Waals surface area contributed by atoms with Crippen molar-refractivity contribution in [1.82, 2.24) is 15.2 Å². The fraction of sp³-hybridized carbons (Fsp3) is 0.400. The van der Waals surface area contributed by atoms with E-state index in [1.807, 2.05) is 13.0 Å². The molecule has 4 heteroatoms. The van der Waals surface area contributed by atoms with Gasteiger partial charge >= 0.3 is 0 Å². The van der Waals surface area contributed by atoms with Gasteiger partial charge in [0.05, 0.1) is 5.56 Å². The maximum atomic E-state index is 12.2. The van der Waals surface area contributed by atoms with Crippen molar-refractivity contribution >= 4 is 5.91 Å². The molecular weight excluding hydrogens is 298 g/mol. The maximum absolute atomic E-state index is 12.2. The zero-order chi connectivity index (χ0) is 16.9. The molecule has 3 rings (SSSR count). The van der Waals surface area contributed by atoms with Crippen LogP contribution in [-0.4, -0.2) is 35.4 Å². The molecule has 1 aliphatic rings. The van der Waals surface area contributed by atoms with E-state index in [1.165, 1.54) is 11.1 Å². The van der Waals surface area contributed by atoms with Crippen LogP contribution in [0.2, 0.25) is 0 Å². The number of rotatable bonds is 5. The standard InChI is InChI=1S/C20H25N3O/c1-15-9-19(12-21-10-15)20(24)22-11-17-7-8-23(13-17)14-18-6-4-3-5-16(18)2/h3-6,9-10,12,17H,7-8,11,13-14H2,1-2H3,(H,22,24)/t17-/m1/s1. The van der Waals surface area contributed by atoms with Gasteiger partial charge in [-0.3, -0.25) is 14.7 Å². The normalized spacial score (nSPS) is 17.8. The van der Waals surface area contributed by atoms with E-state index in [9.17, 15) is 4.79 Å². The highest BCUT2D eigenvalue weighted by Gasteiger charge is 2.23. The van der Waals surface area contributed by atoms with E-state index in [2.05, 4.69) is 46.4 Å². The number of pyridine rings is 1. The molecule has 1 N–H and O–H groups in total. The molecule has 0 radical (unpaired) electrons. The molecule has 1 aromatic heterocycles. The van der Waals surface area contributed by atoms with Crippen LogP contribution in [0.1, 0.15) is 33.5 Å². The number of nitrogens with zero attached hydrogens (tertiary/aromatic N) is 2. The van der Waals surface area contributed by atoms with Crippen LogP contribution in [0, 0.1) is 19.8 Å². The lowest BCUT2D eigenvalue weighted by Crippen LogP contribution is -2.31. The summed E-state index contributed by atoms with van der Waals surface area (Å²) in [6, 6.07) is 10.4. The Bertz CT molecular complexity index is 714. The summed E-state index contributed by atoms with van der Waals surface area (Å²) in [6.45, 7) is 7.99. The topological polar surface area (TPSA) is 45.2 Å². The van der Waals surface area contributed by atoms with Crippen molar-refractivity contribution in [3.8, 4) is 0 Å². The number of nitrogens with one attached hydrogen (secondary N) is 1. The third-order valence-corrected chi connectivity index (χ3v) is 4.71. The Labute approximate surface area is 143 Å². The van der Waals surface area contributed by atoms with Crippen molar-refractivity contribution in [2.24, 2.45) is 5.92 Å². The van der Waals surface area contributed by atoms with Crippen molar-refractivity contribution in [2.75, 3.05) is 19.6 Å². The lowest BCUT2D eigenvalue weighted by atomic mass is 10.1. The largest absolute Gasteiger partial charge is 0.352 e. The summed E-state index contributed by atoms with van der Waals surface area (Å²) >= 11 is 0.